The number of piperidine rings is 1. The fourth-order valence-corrected chi connectivity index (χ4v) is 5.35. The van der Waals surface area contributed by atoms with Crippen LogP contribution < -0.4 is 10.2 Å². The number of hydrogen-bond donors (Lipinski definition) is 1. The first-order valence-corrected chi connectivity index (χ1v) is 12.1. The molecule has 1 aromatic heterocycles. The molecule has 2 aliphatic heterocycles. The number of anilines is 2. The second-order valence-electron chi connectivity index (χ2n) is 8.96. The molecule has 2 aliphatic rings. The molecule has 0 aliphatic carbocycles. The lowest BCUT2D eigenvalue weighted by Gasteiger charge is -2.37. The van der Waals surface area contributed by atoms with Crippen molar-refractivity contribution in [3.8, 4) is 11.4 Å². The van der Waals surface area contributed by atoms with Gasteiger partial charge >= 0.3 is 5.97 Å². The van der Waals surface area contributed by atoms with Crippen molar-refractivity contribution in [3.63, 3.8) is 0 Å². The van der Waals surface area contributed by atoms with Crippen LogP contribution in [-0.2, 0) is 9.53 Å². The van der Waals surface area contributed by atoms with Crippen LogP contribution in [0, 0.1) is 5.92 Å². The smallest absolute Gasteiger partial charge is 0.309 e. The Morgan fingerprint density at radius 1 is 1.00 bits per heavy atom. The van der Waals surface area contributed by atoms with Gasteiger partial charge in [-0.15, -0.1) is 0 Å². The summed E-state index contributed by atoms with van der Waals surface area (Å²) in [6, 6.07) is 25.3. The predicted octanol–water partition coefficient (Wildman–Crippen LogP) is 5.46. The van der Waals surface area contributed by atoms with Gasteiger partial charge < -0.3 is 15.0 Å². The van der Waals surface area contributed by atoms with Crippen LogP contribution in [0.3, 0.4) is 0 Å². The monoisotopic (exact) mass is 452 g/mol. The van der Waals surface area contributed by atoms with Crippen molar-refractivity contribution in [2.24, 2.45) is 5.92 Å². The van der Waals surface area contributed by atoms with E-state index in [2.05, 4.69) is 81.5 Å². The molecular formula is C28H28N4O2. The average molecular weight is 453 g/mol. The maximum Gasteiger partial charge on any atom is 0.309 e. The predicted molar refractivity (Wildman–Crippen MR) is 135 cm³/mol. The molecular weight excluding hydrogens is 424 g/mol. The SMILES string of the molecule is CCOC(=O)C1CCN(c2ccccc2[C@H]2Nc3ccccc3-c3nc4ccccc4n32)CC1. The molecule has 0 amide bonds. The van der Waals surface area contributed by atoms with Crippen LogP contribution in [0.5, 0.6) is 0 Å². The molecule has 0 radical (unpaired) electrons. The molecule has 6 heteroatoms. The van der Waals surface area contributed by atoms with Crippen LogP contribution in [0.15, 0.2) is 72.8 Å². The topological polar surface area (TPSA) is 59.4 Å². The van der Waals surface area contributed by atoms with Gasteiger partial charge in [0.2, 0.25) is 0 Å². The number of nitrogens with zero attached hydrogens (tertiary/aromatic N) is 3. The van der Waals surface area contributed by atoms with Crippen LogP contribution in [0.2, 0.25) is 0 Å². The molecule has 6 nitrogen and oxygen atoms in total. The lowest BCUT2D eigenvalue weighted by molar-refractivity contribution is -0.148. The number of esters is 1. The number of ether oxygens (including phenoxy) is 1. The van der Waals surface area contributed by atoms with Gasteiger partial charge in [-0.3, -0.25) is 9.36 Å². The normalized spacial score (nSPS) is 17.7. The summed E-state index contributed by atoms with van der Waals surface area (Å²) in [6.07, 6.45) is 1.54. The van der Waals surface area contributed by atoms with E-state index in [1.165, 1.54) is 11.3 Å². The molecule has 1 fully saturated rings. The number of carbonyl (C=O) groups is 1. The molecule has 34 heavy (non-hydrogen) atoms. The minimum absolute atomic E-state index is 0.00719. The summed E-state index contributed by atoms with van der Waals surface area (Å²) < 4.78 is 7.59. The van der Waals surface area contributed by atoms with Gasteiger partial charge in [0.05, 0.1) is 23.6 Å². The van der Waals surface area contributed by atoms with Gasteiger partial charge in [0.25, 0.3) is 0 Å². The van der Waals surface area contributed by atoms with Crippen LogP contribution in [0.4, 0.5) is 11.4 Å². The summed E-state index contributed by atoms with van der Waals surface area (Å²) in [7, 11) is 0. The zero-order valence-corrected chi connectivity index (χ0v) is 19.3. The zero-order valence-electron chi connectivity index (χ0n) is 19.3. The average Bonchev–Trinajstić information content (AvgIpc) is 3.29. The van der Waals surface area contributed by atoms with E-state index in [1.54, 1.807) is 0 Å². The Kier molecular flexibility index (Phi) is 5.21. The van der Waals surface area contributed by atoms with Gasteiger partial charge in [-0.1, -0.05) is 42.5 Å². The third kappa shape index (κ3) is 3.41. The Hall–Kier alpha value is -3.80. The maximum absolute atomic E-state index is 12.2. The standard InChI is InChI=1S/C28H28N4O2/c1-2-34-28(33)19-15-17-31(18-16-19)24-13-7-4-10-21(24)27-29-22-11-5-3-9-20(22)26-30-23-12-6-8-14-25(23)32(26)27/h3-14,19,27,29H,2,15-18H2,1H3/t27-/m0/s1. The van der Waals surface area contributed by atoms with Crippen molar-refractivity contribution in [1.29, 1.82) is 0 Å². The summed E-state index contributed by atoms with van der Waals surface area (Å²) in [6.45, 7) is 3.98. The van der Waals surface area contributed by atoms with Gasteiger partial charge in [-0.05, 0) is 50.1 Å². The van der Waals surface area contributed by atoms with Crippen molar-refractivity contribution in [3.05, 3.63) is 78.4 Å². The van der Waals surface area contributed by atoms with E-state index in [0.29, 0.717) is 6.61 Å². The van der Waals surface area contributed by atoms with E-state index in [4.69, 9.17) is 9.72 Å². The minimum atomic E-state index is -0.0868. The fourth-order valence-electron chi connectivity index (χ4n) is 5.35. The summed E-state index contributed by atoms with van der Waals surface area (Å²) in [5.74, 6) is 0.916. The van der Waals surface area contributed by atoms with Gasteiger partial charge in [0.15, 0.2) is 0 Å². The maximum atomic E-state index is 12.2. The van der Waals surface area contributed by atoms with Crippen molar-refractivity contribution >= 4 is 28.4 Å². The van der Waals surface area contributed by atoms with Crippen LogP contribution in [0.25, 0.3) is 22.4 Å². The van der Waals surface area contributed by atoms with Crippen LogP contribution in [-0.4, -0.2) is 35.2 Å². The zero-order chi connectivity index (χ0) is 23.1. The highest BCUT2D eigenvalue weighted by atomic mass is 16.5. The van der Waals surface area contributed by atoms with E-state index in [1.807, 2.05) is 13.0 Å². The fraction of sp³-hybridized carbons (Fsp3) is 0.286. The molecule has 1 saturated heterocycles. The second-order valence-corrected chi connectivity index (χ2v) is 8.96. The number of nitrogens with one attached hydrogen (secondary N) is 1. The Morgan fingerprint density at radius 3 is 2.59 bits per heavy atom. The highest BCUT2D eigenvalue weighted by molar-refractivity contribution is 5.87. The van der Waals surface area contributed by atoms with Crippen molar-refractivity contribution in [2.45, 2.75) is 25.9 Å². The van der Waals surface area contributed by atoms with Crippen LogP contribution in [0.1, 0.15) is 31.5 Å². The Labute approximate surface area is 199 Å². The molecule has 0 unspecified atom stereocenters. The van der Waals surface area contributed by atoms with E-state index in [9.17, 15) is 4.79 Å². The minimum Gasteiger partial charge on any atom is -0.466 e. The first-order valence-electron chi connectivity index (χ1n) is 12.1. The van der Waals surface area contributed by atoms with E-state index in [-0.39, 0.29) is 18.1 Å². The molecule has 172 valence electrons. The molecule has 3 aromatic carbocycles. The molecule has 6 rings (SSSR count). The lowest BCUT2D eigenvalue weighted by atomic mass is 9.95. The molecule has 3 heterocycles. The molecule has 0 spiro atoms. The van der Waals surface area contributed by atoms with E-state index >= 15 is 0 Å². The molecule has 0 bridgehead atoms. The number of imidazole rings is 1. The highest BCUT2D eigenvalue weighted by Crippen LogP contribution is 2.43. The number of rotatable bonds is 4. The lowest BCUT2D eigenvalue weighted by Crippen LogP contribution is -2.38. The molecule has 1 atom stereocenters. The third-order valence-electron chi connectivity index (χ3n) is 7.00. The molecule has 0 saturated carbocycles. The summed E-state index contributed by atoms with van der Waals surface area (Å²) in [5, 5.41) is 3.79. The number of hydrogen-bond acceptors (Lipinski definition) is 5. The largest absolute Gasteiger partial charge is 0.466 e. The van der Waals surface area contributed by atoms with Gasteiger partial charge in [0, 0.05) is 35.6 Å². The molecule has 1 N–H and O–H groups in total. The van der Waals surface area contributed by atoms with Crippen LogP contribution >= 0.6 is 0 Å². The summed E-state index contributed by atoms with van der Waals surface area (Å²) in [5.41, 5.74) is 6.71. The van der Waals surface area contributed by atoms with Gasteiger partial charge in [-0.2, -0.15) is 0 Å². The number of fused-ring (bicyclic) bond motifs is 5. The molecule has 4 aromatic rings. The number of aromatic nitrogens is 2. The van der Waals surface area contributed by atoms with Crippen molar-refractivity contribution < 1.29 is 9.53 Å². The quantitative estimate of drug-likeness (QED) is 0.417. The third-order valence-corrected chi connectivity index (χ3v) is 7.00. The van der Waals surface area contributed by atoms with E-state index in [0.717, 1.165) is 54.0 Å². The number of para-hydroxylation sites is 4. The Bertz CT molecular complexity index is 1350. The Morgan fingerprint density at radius 2 is 1.74 bits per heavy atom. The second kappa shape index (κ2) is 8.52. The van der Waals surface area contributed by atoms with Gasteiger partial charge in [0.1, 0.15) is 12.0 Å². The first-order chi connectivity index (χ1) is 16.7. The van der Waals surface area contributed by atoms with Gasteiger partial charge in [-0.25, -0.2) is 4.98 Å². The summed E-state index contributed by atoms with van der Waals surface area (Å²) in [4.78, 5) is 19.7. The van der Waals surface area contributed by atoms with E-state index < -0.39 is 0 Å². The first kappa shape index (κ1) is 20.8. The Balaban J connectivity index is 1.40. The van der Waals surface area contributed by atoms with Crippen molar-refractivity contribution in [1.82, 2.24) is 9.55 Å². The number of carbonyl (C=O) groups excluding carboxylic acids is 1. The highest BCUT2D eigenvalue weighted by Gasteiger charge is 2.32. The summed E-state index contributed by atoms with van der Waals surface area (Å²) >= 11 is 0. The van der Waals surface area contributed by atoms with Crippen molar-refractivity contribution in [2.75, 3.05) is 29.9 Å². The number of benzene rings is 3.